The van der Waals surface area contributed by atoms with Gasteiger partial charge in [0.05, 0.1) is 13.2 Å². The molecule has 6 nitrogen and oxygen atoms in total. The zero-order valence-corrected chi connectivity index (χ0v) is 15.2. The first-order valence-corrected chi connectivity index (χ1v) is 8.32. The standard InChI is InChI=1S/C19H26N4O2/c1-14-13-20-9-8-18(14)21-10-11-22-19(24)23(3)15(2)16-6-5-7-17(12-16)25-4/h5-9,12-13,15H,10-11H2,1-4H3,(H,20,21)(H,22,24)/t15-/m1/s1. The van der Waals surface area contributed by atoms with Crippen molar-refractivity contribution in [1.82, 2.24) is 15.2 Å². The molecule has 25 heavy (non-hydrogen) atoms. The van der Waals surface area contributed by atoms with Crippen LogP contribution in [-0.4, -0.2) is 43.2 Å². The number of hydrogen-bond donors (Lipinski definition) is 2. The van der Waals surface area contributed by atoms with Crippen molar-refractivity contribution in [3.63, 3.8) is 0 Å². The second kappa shape index (κ2) is 8.92. The summed E-state index contributed by atoms with van der Waals surface area (Å²) in [6.07, 6.45) is 3.56. The van der Waals surface area contributed by atoms with Gasteiger partial charge in [-0.2, -0.15) is 0 Å². The Labute approximate surface area is 149 Å². The van der Waals surface area contributed by atoms with Crippen LogP contribution in [0.5, 0.6) is 5.75 Å². The quantitative estimate of drug-likeness (QED) is 0.758. The van der Waals surface area contributed by atoms with Crippen molar-refractivity contribution in [2.24, 2.45) is 0 Å². The van der Waals surface area contributed by atoms with E-state index in [-0.39, 0.29) is 12.1 Å². The molecular weight excluding hydrogens is 316 g/mol. The minimum Gasteiger partial charge on any atom is -0.497 e. The van der Waals surface area contributed by atoms with E-state index in [0.717, 1.165) is 22.6 Å². The minimum atomic E-state index is -0.108. The predicted molar refractivity (Wildman–Crippen MR) is 100 cm³/mol. The third-order valence-electron chi connectivity index (χ3n) is 4.21. The highest BCUT2D eigenvalue weighted by Gasteiger charge is 2.17. The maximum Gasteiger partial charge on any atom is 0.317 e. The highest BCUT2D eigenvalue weighted by molar-refractivity contribution is 5.74. The molecule has 1 heterocycles. The largest absolute Gasteiger partial charge is 0.497 e. The Kier molecular flexibility index (Phi) is 6.62. The molecule has 0 aliphatic carbocycles. The van der Waals surface area contributed by atoms with E-state index in [2.05, 4.69) is 15.6 Å². The monoisotopic (exact) mass is 342 g/mol. The van der Waals surface area contributed by atoms with E-state index < -0.39 is 0 Å². The summed E-state index contributed by atoms with van der Waals surface area (Å²) in [7, 11) is 3.43. The number of rotatable bonds is 7. The second-order valence-corrected chi connectivity index (χ2v) is 5.91. The Hall–Kier alpha value is -2.76. The van der Waals surface area contributed by atoms with E-state index in [0.29, 0.717) is 13.1 Å². The van der Waals surface area contributed by atoms with E-state index in [1.807, 2.05) is 50.4 Å². The number of urea groups is 1. The number of aryl methyl sites for hydroxylation is 1. The first-order valence-electron chi connectivity index (χ1n) is 8.32. The summed E-state index contributed by atoms with van der Waals surface area (Å²) in [4.78, 5) is 18.1. The van der Waals surface area contributed by atoms with Crippen LogP contribution in [0.15, 0.2) is 42.7 Å². The van der Waals surface area contributed by atoms with Crippen LogP contribution >= 0.6 is 0 Å². The van der Waals surface area contributed by atoms with Gasteiger partial charge in [-0.15, -0.1) is 0 Å². The molecular formula is C19H26N4O2. The van der Waals surface area contributed by atoms with Gasteiger partial charge in [0.1, 0.15) is 5.75 Å². The normalized spacial score (nSPS) is 11.5. The van der Waals surface area contributed by atoms with Gasteiger partial charge in [-0.25, -0.2) is 4.79 Å². The maximum atomic E-state index is 12.3. The van der Waals surface area contributed by atoms with Gasteiger partial charge in [0.15, 0.2) is 0 Å². The number of anilines is 1. The molecule has 2 rings (SSSR count). The molecule has 2 amide bonds. The summed E-state index contributed by atoms with van der Waals surface area (Å²) in [5.41, 5.74) is 3.14. The number of ether oxygens (including phenoxy) is 1. The van der Waals surface area contributed by atoms with E-state index in [9.17, 15) is 4.79 Å². The Balaban J connectivity index is 1.82. The van der Waals surface area contributed by atoms with Crippen LogP contribution in [-0.2, 0) is 0 Å². The van der Waals surface area contributed by atoms with Crippen molar-refractivity contribution in [2.45, 2.75) is 19.9 Å². The fourth-order valence-corrected chi connectivity index (χ4v) is 2.46. The van der Waals surface area contributed by atoms with Crippen molar-refractivity contribution in [3.05, 3.63) is 53.9 Å². The van der Waals surface area contributed by atoms with Crippen molar-refractivity contribution in [1.29, 1.82) is 0 Å². The SMILES string of the molecule is COc1cccc([C@@H](C)N(C)C(=O)NCCNc2ccncc2C)c1. The number of pyridine rings is 1. The van der Waals surface area contributed by atoms with Crippen LogP contribution in [0.2, 0.25) is 0 Å². The number of hydrogen-bond acceptors (Lipinski definition) is 4. The molecule has 134 valence electrons. The summed E-state index contributed by atoms with van der Waals surface area (Å²) in [6, 6.07) is 9.52. The van der Waals surface area contributed by atoms with E-state index >= 15 is 0 Å². The van der Waals surface area contributed by atoms with Crippen LogP contribution in [0.4, 0.5) is 10.5 Å². The summed E-state index contributed by atoms with van der Waals surface area (Å²) >= 11 is 0. The van der Waals surface area contributed by atoms with Gasteiger partial charge in [0.2, 0.25) is 0 Å². The lowest BCUT2D eigenvalue weighted by atomic mass is 10.1. The average molecular weight is 342 g/mol. The lowest BCUT2D eigenvalue weighted by Crippen LogP contribution is -2.40. The second-order valence-electron chi connectivity index (χ2n) is 5.91. The van der Waals surface area contributed by atoms with Gasteiger partial charge in [-0.05, 0) is 43.2 Å². The Morgan fingerprint density at radius 1 is 1.32 bits per heavy atom. The Morgan fingerprint density at radius 2 is 2.12 bits per heavy atom. The average Bonchev–Trinajstić information content (AvgIpc) is 2.65. The molecule has 0 saturated heterocycles. The lowest BCUT2D eigenvalue weighted by Gasteiger charge is -2.26. The molecule has 0 fully saturated rings. The van der Waals surface area contributed by atoms with Crippen molar-refractivity contribution in [2.75, 3.05) is 32.6 Å². The highest BCUT2D eigenvalue weighted by atomic mass is 16.5. The Morgan fingerprint density at radius 3 is 2.84 bits per heavy atom. The predicted octanol–water partition coefficient (Wildman–Crippen LogP) is 3.21. The Bertz CT molecular complexity index is 705. The van der Waals surface area contributed by atoms with Crippen LogP contribution in [0.25, 0.3) is 0 Å². The summed E-state index contributed by atoms with van der Waals surface area (Å²) in [5, 5.41) is 6.22. The van der Waals surface area contributed by atoms with E-state index in [1.54, 1.807) is 25.3 Å². The van der Waals surface area contributed by atoms with Crippen molar-refractivity contribution in [3.8, 4) is 5.75 Å². The molecule has 0 unspecified atom stereocenters. The molecule has 2 aromatic rings. The molecule has 1 aromatic carbocycles. The molecule has 2 N–H and O–H groups in total. The maximum absolute atomic E-state index is 12.3. The smallest absolute Gasteiger partial charge is 0.317 e. The van der Waals surface area contributed by atoms with Gasteiger partial charge in [-0.1, -0.05) is 12.1 Å². The fraction of sp³-hybridized carbons (Fsp3) is 0.368. The van der Waals surface area contributed by atoms with Crippen LogP contribution < -0.4 is 15.4 Å². The molecule has 0 radical (unpaired) electrons. The number of nitrogens with zero attached hydrogens (tertiary/aromatic N) is 2. The minimum absolute atomic E-state index is 0.0505. The van der Waals surface area contributed by atoms with Crippen LogP contribution in [0.1, 0.15) is 24.1 Å². The molecule has 6 heteroatoms. The third-order valence-corrected chi connectivity index (χ3v) is 4.21. The lowest BCUT2D eigenvalue weighted by molar-refractivity contribution is 0.195. The van der Waals surface area contributed by atoms with E-state index in [1.165, 1.54) is 0 Å². The van der Waals surface area contributed by atoms with E-state index in [4.69, 9.17) is 4.74 Å². The summed E-state index contributed by atoms with van der Waals surface area (Å²) in [5.74, 6) is 0.787. The molecule has 0 bridgehead atoms. The van der Waals surface area contributed by atoms with Crippen molar-refractivity contribution >= 4 is 11.7 Å². The zero-order chi connectivity index (χ0) is 18.2. The van der Waals surface area contributed by atoms with Gasteiger partial charge in [0.25, 0.3) is 0 Å². The third kappa shape index (κ3) is 5.11. The molecule has 0 spiro atoms. The highest BCUT2D eigenvalue weighted by Crippen LogP contribution is 2.22. The number of benzene rings is 1. The van der Waals surface area contributed by atoms with Crippen LogP contribution in [0, 0.1) is 6.92 Å². The number of methoxy groups -OCH3 is 1. The van der Waals surface area contributed by atoms with Gasteiger partial charge < -0.3 is 20.3 Å². The molecule has 1 aromatic heterocycles. The molecule has 0 aliphatic rings. The van der Waals surface area contributed by atoms with Gasteiger partial charge in [0, 0.05) is 38.2 Å². The first-order chi connectivity index (χ1) is 12.0. The number of nitrogens with one attached hydrogen (secondary N) is 2. The number of aromatic nitrogens is 1. The number of amides is 2. The summed E-state index contributed by atoms with van der Waals surface area (Å²) in [6.45, 7) is 5.18. The summed E-state index contributed by atoms with van der Waals surface area (Å²) < 4.78 is 5.24. The number of carbonyl (C=O) groups excluding carboxylic acids is 1. The van der Waals surface area contributed by atoms with Crippen LogP contribution in [0.3, 0.4) is 0 Å². The molecule has 0 aliphatic heterocycles. The number of carbonyl (C=O) groups is 1. The molecule has 0 saturated carbocycles. The molecule has 1 atom stereocenters. The van der Waals surface area contributed by atoms with Gasteiger partial charge in [-0.3, -0.25) is 4.98 Å². The fourth-order valence-electron chi connectivity index (χ4n) is 2.46. The zero-order valence-electron chi connectivity index (χ0n) is 15.2. The first kappa shape index (κ1) is 18.6. The van der Waals surface area contributed by atoms with Crippen molar-refractivity contribution < 1.29 is 9.53 Å². The topological polar surface area (TPSA) is 66.5 Å². The van der Waals surface area contributed by atoms with Gasteiger partial charge >= 0.3 is 6.03 Å².